The van der Waals surface area contributed by atoms with E-state index < -0.39 is 0 Å². The second kappa shape index (κ2) is 8.38. The molecule has 1 saturated heterocycles. The van der Waals surface area contributed by atoms with E-state index in [4.69, 9.17) is 15.9 Å². The van der Waals surface area contributed by atoms with Crippen molar-refractivity contribution in [2.75, 3.05) is 13.1 Å². The number of fused-ring (bicyclic) bond motifs is 1. The van der Waals surface area contributed by atoms with Crippen LogP contribution >= 0.6 is 0 Å². The first kappa shape index (κ1) is 20.8. The van der Waals surface area contributed by atoms with E-state index in [1.807, 2.05) is 41.3 Å². The molecule has 0 saturated carbocycles. The fourth-order valence-electron chi connectivity index (χ4n) is 4.26. The second-order valence-electron chi connectivity index (χ2n) is 8.11. The number of aromatic nitrogens is 1. The zero-order valence-corrected chi connectivity index (χ0v) is 17.3. The van der Waals surface area contributed by atoms with Crippen molar-refractivity contribution in [3.63, 3.8) is 0 Å². The van der Waals surface area contributed by atoms with Crippen LogP contribution in [0.5, 0.6) is 0 Å². The van der Waals surface area contributed by atoms with Crippen LogP contribution in [0, 0.1) is 17.2 Å². The van der Waals surface area contributed by atoms with Crippen molar-refractivity contribution in [3.8, 4) is 17.2 Å². The lowest BCUT2D eigenvalue weighted by Crippen LogP contribution is -2.55. The van der Waals surface area contributed by atoms with Crippen LogP contribution in [0.2, 0.25) is 0 Å². The number of carbonyl (C=O) groups is 1. The van der Waals surface area contributed by atoms with E-state index in [1.165, 1.54) is 4.57 Å². The number of piperidine rings is 1. The van der Waals surface area contributed by atoms with Gasteiger partial charge in [0.05, 0.1) is 17.5 Å². The maximum absolute atomic E-state index is 11.7. The van der Waals surface area contributed by atoms with Crippen molar-refractivity contribution in [2.24, 2.45) is 24.4 Å². The molecular weight excluding hydrogens is 394 g/mol. The molecule has 3 aromatic rings. The minimum absolute atomic E-state index is 0.317. The van der Waals surface area contributed by atoms with E-state index >= 15 is 0 Å². The third-order valence-electron chi connectivity index (χ3n) is 6.15. The Labute approximate surface area is 179 Å². The standard InChI is InChI=1S/C23H25N5O3/c1-27-20-11-16(6-7-21(20)31-23(27)30)15-4-2-14(3-5-15)10-17(12-24)28-9-8-18(22(26)29)19(25)13-28/h2-7,11,17-19H,8-10,13,25H2,1H3,(H2,26,29)/t17-,18?,19?/m0/s1. The van der Waals surface area contributed by atoms with Crippen LogP contribution in [0.4, 0.5) is 0 Å². The highest BCUT2D eigenvalue weighted by atomic mass is 16.4. The Morgan fingerprint density at radius 2 is 1.97 bits per heavy atom. The molecule has 2 heterocycles. The molecule has 1 aliphatic heterocycles. The number of benzene rings is 2. The van der Waals surface area contributed by atoms with Gasteiger partial charge in [-0.3, -0.25) is 14.3 Å². The molecular formula is C23H25N5O3. The number of amides is 1. The van der Waals surface area contributed by atoms with Crippen LogP contribution in [0.25, 0.3) is 22.2 Å². The van der Waals surface area contributed by atoms with Crippen LogP contribution in [-0.4, -0.2) is 40.5 Å². The highest BCUT2D eigenvalue weighted by Crippen LogP contribution is 2.25. The van der Waals surface area contributed by atoms with Gasteiger partial charge in [0, 0.05) is 32.6 Å². The molecule has 4 rings (SSSR count). The summed E-state index contributed by atoms with van der Waals surface area (Å²) in [5, 5.41) is 9.70. The van der Waals surface area contributed by atoms with E-state index in [-0.39, 0.29) is 29.7 Å². The molecule has 0 spiro atoms. The first-order chi connectivity index (χ1) is 14.9. The molecule has 8 nitrogen and oxygen atoms in total. The summed E-state index contributed by atoms with van der Waals surface area (Å²) >= 11 is 0. The van der Waals surface area contributed by atoms with E-state index in [2.05, 4.69) is 6.07 Å². The summed E-state index contributed by atoms with van der Waals surface area (Å²) < 4.78 is 6.67. The molecule has 4 N–H and O–H groups in total. The van der Waals surface area contributed by atoms with Gasteiger partial charge in [0.15, 0.2) is 5.58 Å². The van der Waals surface area contributed by atoms with Crippen LogP contribution < -0.4 is 17.2 Å². The molecule has 1 aromatic heterocycles. The molecule has 3 atom stereocenters. The Morgan fingerprint density at radius 3 is 2.61 bits per heavy atom. The van der Waals surface area contributed by atoms with E-state index in [0.717, 1.165) is 22.2 Å². The van der Waals surface area contributed by atoms with Gasteiger partial charge in [-0.25, -0.2) is 4.79 Å². The number of hydrogen-bond donors (Lipinski definition) is 2. The third-order valence-corrected chi connectivity index (χ3v) is 6.15. The first-order valence-electron chi connectivity index (χ1n) is 10.2. The predicted octanol–water partition coefficient (Wildman–Crippen LogP) is 1.37. The summed E-state index contributed by atoms with van der Waals surface area (Å²) in [4.78, 5) is 25.2. The molecule has 0 radical (unpaired) electrons. The molecule has 1 amide bonds. The van der Waals surface area contributed by atoms with E-state index in [0.29, 0.717) is 31.5 Å². The number of primary amides is 1. The van der Waals surface area contributed by atoms with Gasteiger partial charge in [0.2, 0.25) is 5.91 Å². The number of rotatable bonds is 5. The Bertz CT molecular complexity index is 1200. The van der Waals surface area contributed by atoms with Gasteiger partial charge in [0.1, 0.15) is 6.04 Å². The van der Waals surface area contributed by atoms with Crippen LogP contribution in [-0.2, 0) is 18.3 Å². The average molecular weight is 419 g/mol. The SMILES string of the molecule is Cn1c(=O)oc2ccc(-c3ccc(C[C@@H](C#N)N4CCC(C(N)=O)C(N)C4)cc3)cc21. The molecule has 0 bridgehead atoms. The number of nitrogens with zero attached hydrogens (tertiary/aromatic N) is 3. The number of carbonyl (C=O) groups excluding carboxylic acids is 1. The zero-order valence-electron chi connectivity index (χ0n) is 17.3. The normalized spacial score (nSPS) is 20.4. The molecule has 8 heteroatoms. The summed E-state index contributed by atoms with van der Waals surface area (Å²) in [6.45, 7) is 1.11. The highest BCUT2D eigenvalue weighted by molar-refractivity contribution is 5.80. The summed E-state index contributed by atoms with van der Waals surface area (Å²) in [5.41, 5.74) is 15.9. The van der Waals surface area contributed by atoms with Gasteiger partial charge in [-0.05, 0) is 35.2 Å². The van der Waals surface area contributed by atoms with Gasteiger partial charge in [-0.15, -0.1) is 0 Å². The number of likely N-dealkylation sites (tertiary alicyclic amines) is 1. The van der Waals surface area contributed by atoms with Crippen molar-refractivity contribution >= 4 is 17.0 Å². The maximum atomic E-state index is 11.7. The van der Waals surface area contributed by atoms with Gasteiger partial charge in [0.25, 0.3) is 0 Å². The molecule has 1 aliphatic rings. The van der Waals surface area contributed by atoms with Gasteiger partial charge < -0.3 is 15.9 Å². The Hall–Kier alpha value is -3.41. The smallest absolute Gasteiger partial charge is 0.408 e. The fraction of sp³-hybridized carbons (Fsp3) is 0.348. The number of hydrogen-bond acceptors (Lipinski definition) is 6. The number of nitrogens with two attached hydrogens (primary N) is 2. The molecule has 160 valence electrons. The summed E-state index contributed by atoms with van der Waals surface area (Å²) in [6.07, 6.45) is 1.15. The topological polar surface area (TPSA) is 131 Å². The molecule has 0 aliphatic carbocycles. The van der Waals surface area contributed by atoms with Gasteiger partial charge >= 0.3 is 5.76 Å². The van der Waals surface area contributed by atoms with Crippen molar-refractivity contribution in [1.82, 2.24) is 9.47 Å². The van der Waals surface area contributed by atoms with Gasteiger partial charge in [-0.2, -0.15) is 5.26 Å². The fourth-order valence-corrected chi connectivity index (χ4v) is 4.26. The van der Waals surface area contributed by atoms with Crippen molar-refractivity contribution in [3.05, 3.63) is 58.6 Å². The van der Waals surface area contributed by atoms with Crippen molar-refractivity contribution in [1.29, 1.82) is 5.26 Å². The molecule has 1 fully saturated rings. The number of nitriles is 1. The predicted molar refractivity (Wildman–Crippen MR) is 117 cm³/mol. The zero-order chi connectivity index (χ0) is 22.1. The monoisotopic (exact) mass is 419 g/mol. The van der Waals surface area contributed by atoms with Crippen molar-refractivity contribution in [2.45, 2.75) is 24.9 Å². The lowest BCUT2D eigenvalue weighted by atomic mass is 9.90. The van der Waals surface area contributed by atoms with Crippen molar-refractivity contribution < 1.29 is 9.21 Å². The highest BCUT2D eigenvalue weighted by Gasteiger charge is 2.33. The van der Waals surface area contributed by atoms with E-state index in [9.17, 15) is 14.9 Å². The Morgan fingerprint density at radius 1 is 1.26 bits per heavy atom. The minimum Gasteiger partial charge on any atom is -0.408 e. The van der Waals surface area contributed by atoms with Crippen LogP contribution in [0.3, 0.4) is 0 Å². The summed E-state index contributed by atoms with van der Waals surface area (Å²) in [5.74, 6) is -1.09. The minimum atomic E-state index is -0.385. The average Bonchev–Trinajstić information content (AvgIpc) is 3.05. The maximum Gasteiger partial charge on any atom is 0.419 e. The molecule has 2 aromatic carbocycles. The number of oxazole rings is 1. The van der Waals surface area contributed by atoms with Crippen LogP contribution in [0.1, 0.15) is 12.0 Å². The second-order valence-corrected chi connectivity index (χ2v) is 8.11. The number of aryl methyl sites for hydroxylation is 1. The first-order valence-corrected chi connectivity index (χ1v) is 10.2. The lowest BCUT2D eigenvalue weighted by molar-refractivity contribution is -0.123. The molecule has 2 unspecified atom stereocenters. The lowest BCUT2D eigenvalue weighted by Gasteiger charge is -2.37. The third kappa shape index (κ3) is 4.10. The quantitative estimate of drug-likeness (QED) is 0.642. The van der Waals surface area contributed by atoms with Crippen LogP contribution in [0.15, 0.2) is 51.7 Å². The largest absolute Gasteiger partial charge is 0.419 e. The Kier molecular flexibility index (Phi) is 5.63. The summed E-state index contributed by atoms with van der Waals surface area (Å²) in [6, 6.07) is 15.4. The Balaban J connectivity index is 1.48. The summed E-state index contributed by atoms with van der Waals surface area (Å²) in [7, 11) is 1.68. The van der Waals surface area contributed by atoms with E-state index in [1.54, 1.807) is 13.1 Å². The molecule has 31 heavy (non-hydrogen) atoms. The van der Waals surface area contributed by atoms with Gasteiger partial charge in [-0.1, -0.05) is 30.3 Å².